The average molecular weight is 279 g/mol. The quantitative estimate of drug-likeness (QED) is 0.846. The molecule has 0 radical (unpaired) electrons. The molecule has 96 valence electrons. The van der Waals surface area contributed by atoms with E-state index in [4.69, 9.17) is 11.6 Å². The third kappa shape index (κ3) is 2.23. The highest BCUT2D eigenvalue weighted by Crippen LogP contribution is 2.37. The van der Waals surface area contributed by atoms with Gasteiger partial charge in [-0.05, 0) is 23.4 Å². The first kappa shape index (κ1) is 12.6. The van der Waals surface area contributed by atoms with E-state index in [1.807, 2.05) is 0 Å². The number of rotatable bonds is 2. The summed E-state index contributed by atoms with van der Waals surface area (Å²) < 4.78 is 38.0. The first-order chi connectivity index (χ1) is 8.43. The number of aldehydes is 1. The maximum absolute atomic E-state index is 12.7. The summed E-state index contributed by atoms with van der Waals surface area (Å²) >= 11 is 5.48. The summed E-state index contributed by atoms with van der Waals surface area (Å²) in [5.74, 6) is 0. The van der Waals surface area contributed by atoms with Crippen LogP contribution in [0.3, 0.4) is 0 Å². The molecule has 1 aliphatic rings. The Hall–Kier alpha value is -1.83. The second kappa shape index (κ2) is 4.45. The van der Waals surface area contributed by atoms with Crippen LogP contribution in [0.1, 0.15) is 5.56 Å². The second-order valence-corrected chi connectivity index (χ2v) is 3.81. The fourth-order valence-electron chi connectivity index (χ4n) is 1.42. The fourth-order valence-corrected chi connectivity index (χ4v) is 1.64. The van der Waals surface area contributed by atoms with Gasteiger partial charge in [-0.15, -0.1) is 0 Å². The van der Waals surface area contributed by atoms with E-state index in [-0.39, 0.29) is 5.69 Å². The van der Waals surface area contributed by atoms with Crippen molar-refractivity contribution in [1.82, 2.24) is 5.43 Å². The summed E-state index contributed by atoms with van der Waals surface area (Å²) in [6.45, 7) is 0. The van der Waals surface area contributed by atoms with E-state index in [2.05, 4.69) is 15.9 Å². The zero-order valence-electron chi connectivity index (χ0n) is 8.65. The van der Waals surface area contributed by atoms with Crippen molar-refractivity contribution in [1.29, 1.82) is 0 Å². The molecule has 1 heterocycles. The molecule has 0 saturated heterocycles. The predicted molar refractivity (Wildman–Crippen MR) is 56.8 cm³/mol. The number of carbonyl (C=O) groups is 1. The van der Waals surface area contributed by atoms with Crippen LogP contribution in [0.2, 0.25) is 5.02 Å². The molecule has 1 aromatic carbocycles. The average Bonchev–Trinajstić information content (AvgIpc) is 2.76. The molecule has 1 N–H and O–H groups in total. The molecule has 1 aromatic rings. The van der Waals surface area contributed by atoms with Crippen molar-refractivity contribution in [3.8, 4) is 0 Å². The van der Waals surface area contributed by atoms with Crippen molar-refractivity contribution in [2.24, 2.45) is 10.4 Å². The summed E-state index contributed by atoms with van der Waals surface area (Å²) in [5.41, 5.74) is 1.40. The Labute approximate surface area is 104 Å². The van der Waals surface area contributed by atoms with E-state index in [1.165, 1.54) is 6.07 Å². The minimum Gasteiger partial charge on any atom is -0.299 e. The lowest BCUT2D eigenvalue weighted by Crippen LogP contribution is -2.36. The highest BCUT2D eigenvalue weighted by atomic mass is 35.5. The number of nitrogens with zero attached hydrogens (tertiary/aromatic N) is 3. The predicted octanol–water partition coefficient (Wildman–Crippen LogP) is 2.58. The zero-order valence-corrected chi connectivity index (χ0v) is 9.40. The molecule has 0 amide bonds. The lowest BCUT2D eigenvalue weighted by molar-refractivity contribution is -0.137. The molecule has 0 aromatic heterocycles. The molecule has 1 aliphatic heterocycles. The van der Waals surface area contributed by atoms with Gasteiger partial charge in [-0.3, -0.25) is 10.2 Å². The van der Waals surface area contributed by atoms with Gasteiger partial charge in [-0.2, -0.15) is 13.2 Å². The van der Waals surface area contributed by atoms with Gasteiger partial charge in [-0.25, -0.2) is 5.01 Å². The first-order valence-electron chi connectivity index (χ1n) is 4.71. The van der Waals surface area contributed by atoms with Crippen LogP contribution in [-0.2, 0) is 11.0 Å². The number of benzene rings is 1. The van der Waals surface area contributed by atoms with Crippen LogP contribution in [-0.4, -0.2) is 12.5 Å². The Bertz CT molecular complexity index is 505. The maximum Gasteiger partial charge on any atom is 0.417 e. The number of carbonyl (C=O) groups excluding carboxylic acids is 1. The van der Waals surface area contributed by atoms with E-state index >= 15 is 0 Å². The summed E-state index contributed by atoms with van der Waals surface area (Å²) in [6, 6.07) is 3.22. The van der Waals surface area contributed by atoms with Crippen molar-refractivity contribution >= 4 is 23.6 Å². The fraction of sp³-hybridized carbons (Fsp3) is 0.222. The number of hydrogen-bond acceptors (Lipinski definition) is 5. The van der Waals surface area contributed by atoms with Gasteiger partial charge in [0.15, 0.2) is 12.5 Å². The van der Waals surface area contributed by atoms with Gasteiger partial charge >= 0.3 is 6.18 Å². The SMILES string of the molecule is O=CC1NN=NN1c1ccc(Cl)c(C(F)(F)F)c1. The largest absolute Gasteiger partial charge is 0.417 e. The van der Waals surface area contributed by atoms with Gasteiger partial charge in [0.25, 0.3) is 0 Å². The highest BCUT2D eigenvalue weighted by molar-refractivity contribution is 6.31. The summed E-state index contributed by atoms with van der Waals surface area (Å²) in [6.07, 6.45) is -5.03. The molecule has 0 fully saturated rings. The van der Waals surface area contributed by atoms with Crippen LogP contribution in [0.5, 0.6) is 0 Å². The molecular formula is C9H6ClF3N4O. The third-order valence-corrected chi connectivity index (χ3v) is 2.57. The molecule has 1 atom stereocenters. The summed E-state index contributed by atoms with van der Waals surface area (Å²) in [7, 11) is 0. The van der Waals surface area contributed by atoms with E-state index in [0.717, 1.165) is 17.1 Å². The van der Waals surface area contributed by atoms with Gasteiger partial charge in [0.05, 0.1) is 16.3 Å². The lowest BCUT2D eigenvalue weighted by atomic mass is 10.2. The number of anilines is 1. The van der Waals surface area contributed by atoms with Crippen LogP contribution in [0.15, 0.2) is 28.6 Å². The Morgan fingerprint density at radius 1 is 1.44 bits per heavy atom. The topological polar surface area (TPSA) is 57.1 Å². The maximum atomic E-state index is 12.7. The van der Waals surface area contributed by atoms with Crippen LogP contribution in [0.4, 0.5) is 18.9 Å². The molecule has 9 heteroatoms. The molecule has 1 unspecified atom stereocenters. The van der Waals surface area contributed by atoms with Crippen LogP contribution in [0, 0.1) is 0 Å². The molecule has 2 rings (SSSR count). The normalized spacial score (nSPS) is 18.9. The smallest absolute Gasteiger partial charge is 0.299 e. The van der Waals surface area contributed by atoms with E-state index in [1.54, 1.807) is 0 Å². The molecule has 0 aliphatic carbocycles. The minimum atomic E-state index is -4.58. The standard InChI is InChI=1S/C9H6ClF3N4O/c10-7-2-1-5(3-6(7)9(11,12)13)17-8(4-18)14-15-16-17/h1-4,8H,(H,14,16). The molecule has 0 bridgehead atoms. The Kier molecular flexibility index (Phi) is 3.12. The lowest BCUT2D eigenvalue weighted by Gasteiger charge is -2.18. The summed E-state index contributed by atoms with van der Waals surface area (Å²) in [4.78, 5) is 10.7. The van der Waals surface area contributed by atoms with E-state index in [9.17, 15) is 18.0 Å². The van der Waals surface area contributed by atoms with Crippen LogP contribution in [0.25, 0.3) is 0 Å². The zero-order chi connectivity index (χ0) is 13.3. The van der Waals surface area contributed by atoms with Gasteiger partial charge in [0.2, 0.25) is 0 Å². The van der Waals surface area contributed by atoms with Crippen molar-refractivity contribution in [3.63, 3.8) is 0 Å². The second-order valence-electron chi connectivity index (χ2n) is 3.41. The van der Waals surface area contributed by atoms with Crippen LogP contribution < -0.4 is 10.4 Å². The monoisotopic (exact) mass is 278 g/mol. The Morgan fingerprint density at radius 2 is 2.17 bits per heavy atom. The van der Waals surface area contributed by atoms with E-state index in [0.29, 0.717) is 6.29 Å². The minimum absolute atomic E-state index is 0.0672. The molecule has 0 spiro atoms. The molecule has 5 nitrogen and oxygen atoms in total. The Morgan fingerprint density at radius 3 is 2.78 bits per heavy atom. The van der Waals surface area contributed by atoms with Gasteiger partial charge in [-0.1, -0.05) is 16.8 Å². The van der Waals surface area contributed by atoms with Crippen molar-refractivity contribution in [3.05, 3.63) is 28.8 Å². The first-order valence-corrected chi connectivity index (χ1v) is 5.09. The van der Waals surface area contributed by atoms with Crippen molar-refractivity contribution < 1.29 is 18.0 Å². The van der Waals surface area contributed by atoms with E-state index < -0.39 is 22.9 Å². The van der Waals surface area contributed by atoms with Crippen molar-refractivity contribution in [2.75, 3.05) is 5.01 Å². The molecule has 18 heavy (non-hydrogen) atoms. The van der Waals surface area contributed by atoms with Gasteiger partial charge in [0, 0.05) is 0 Å². The number of alkyl halides is 3. The Balaban J connectivity index is 2.41. The highest BCUT2D eigenvalue weighted by Gasteiger charge is 2.34. The van der Waals surface area contributed by atoms with Crippen LogP contribution >= 0.6 is 11.6 Å². The summed E-state index contributed by atoms with van der Waals surface area (Å²) in [5, 5.41) is 7.49. The number of hydrogen-bond donors (Lipinski definition) is 1. The van der Waals surface area contributed by atoms with Gasteiger partial charge < -0.3 is 0 Å². The van der Waals surface area contributed by atoms with Gasteiger partial charge in [0.1, 0.15) is 0 Å². The number of halogens is 4. The number of nitrogens with one attached hydrogen (secondary N) is 1. The molecule has 0 saturated carbocycles. The van der Waals surface area contributed by atoms with Crippen molar-refractivity contribution in [2.45, 2.75) is 12.3 Å². The molecular weight excluding hydrogens is 273 g/mol. The third-order valence-electron chi connectivity index (χ3n) is 2.24.